The smallest absolute Gasteiger partial charge is 0.326 e. The number of hydrogen-bond acceptors (Lipinski definition) is 5. The van der Waals surface area contributed by atoms with Gasteiger partial charge < -0.3 is 29.9 Å². The first-order valence-corrected chi connectivity index (χ1v) is 7.01. The van der Waals surface area contributed by atoms with Crippen LogP contribution in [0.5, 0.6) is 0 Å². The number of carboxylic acids is 1. The highest BCUT2D eigenvalue weighted by molar-refractivity contribution is 5.82. The number of amides is 2. The second kappa shape index (κ2) is 8.81. The lowest BCUT2D eigenvalue weighted by Gasteiger charge is -2.37. The van der Waals surface area contributed by atoms with Crippen LogP contribution in [0.25, 0.3) is 0 Å². The standard InChI is InChI=1S/C13H24N2O6/c1-9-8-21-10(7-16)6-15(9)13(19)14-11(12(17)18)4-3-5-20-2/h9-11,16H,3-8H2,1-2H3,(H,14,19)(H,17,18). The van der Waals surface area contributed by atoms with Crippen molar-refractivity contribution in [3.8, 4) is 0 Å². The van der Waals surface area contributed by atoms with Gasteiger partial charge in [-0.05, 0) is 19.8 Å². The van der Waals surface area contributed by atoms with Gasteiger partial charge in [-0.3, -0.25) is 0 Å². The topological polar surface area (TPSA) is 108 Å². The van der Waals surface area contributed by atoms with E-state index in [1.165, 1.54) is 4.90 Å². The van der Waals surface area contributed by atoms with Crippen molar-refractivity contribution in [2.45, 2.75) is 38.0 Å². The molecule has 0 aromatic rings. The van der Waals surface area contributed by atoms with Gasteiger partial charge in [0.15, 0.2) is 0 Å². The molecule has 0 bridgehead atoms. The fraction of sp³-hybridized carbons (Fsp3) is 0.846. The van der Waals surface area contributed by atoms with E-state index in [-0.39, 0.29) is 19.2 Å². The summed E-state index contributed by atoms with van der Waals surface area (Å²) in [5.74, 6) is -1.07. The average Bonchev–Trinajstić information content (AvgIpc) is 2.46. The summed E-state index contributed by atoms with van der Waals surface area (Å²) in [7, 11) is 1.54. The van der Waals surface area contributed by atoms with Crippen molar-refractivity contribution in [1.29, 1.82) is 0 Å². The number of carboxylic acid groups (broad SMARTS) is 1. The quantitative estimate of drug-likeness (QED) is 0.555. The zero-order valence-corrected chi connectivity index (χ0v) is 12.4. The minimum absolute atomic E-state index is 0.166. The summed E-state index contributed by atoms with van der Waals surface area (Å²) in [6, 6.07) is -1.56. The van der Waals surface area contributed by atoms with E-state index < -0.39 is 24.1 Å². The lowest BCUT2D eigenvalue weighted by atomic mass is 10.1. The maximum Gasteiger partial charge on any atom is 0.326 e. The van der Waals surface area contributed by atoms with Crippen LogP contribution < -0.4 is 5.32 Å². The number of nitrogens with zero attached hydrogens (tertiary/aromatic N) is 1. The van der Waals surface area contributed by atoms with Gasteiger partial charge in [0.1, 0.15) is 6.04 Å². The molecule has 1 saturated heterocycles. The van der Waals surface area contributed by atoms with Crippen LogP contribution in [-0.4, -0.2) is 78.8 Å². The molecular formula is C13H24N2O6. The summed E-state index contributed by atoms with van der Waals surface area (Å²) in [5.41, 5.74) is 0. The minimum atomic E-state index is -1.07. The molecule has 8 nitrogen and oxygen atoms in total. The Morgan fingerprint density at radius 3 is 2.81 bits per heavy atom. The number of methoxy groups -OCH3 is 1. The molecule has 0 aromatic heterocycles. The number of carbonyl (C=O) groups is 2. The van der Waals surface area contributed by atoms with E-state index in [1.54, 1.807) is 7.11 Å². The molecule has 0 saturated carbocycles. The highest BCUT2D eigenvalue weighted by Gasteiger charge is 2.31. The molecule has 2 amide bonds. The zero-order valence-electron chi connectivity index (χ0n) is 12.4. The van der Waals surface area contributed by atoms with Crippen LogP contribution in [0, 0.1) is 0 Å². The van der Waals surface area contributed by atoms with Gasteiger partial charge in [-0.2, -0.15) is 0 Å². The first-order valence-electron chi connectivity index (χ1n) is 7.01. The van der Waals surface area contributed by atoms with Crippen molar-refractivity contribution < 1.29 is 29.3 Å². The maximum absolute atomic E-state index is 12.2. The van der Waals surface area contributed by atoms with E-state index in [4.69, 9.17) is 19.7 Å². The molecule has 1 rings (SSSR count). The highest BCUT2D eigenvalue weighted by Crippen LogP contribution is 2.12. The predicted octanol–water partition coefficient (Wildman–Crippen LogP) is -0.343. The zero-order chi connectivity index (χ0) is 15.8. The van der Waals surface area contributed by atoms with E-state index in [1.807, 2.05) is 6.92 Å². The van der Waals surface area contributed by atoms with Crippen LogP contribution >= 0.6 is 0 Å². The summed E-state index contributed by atoms with van der Waals surface area (Å²) < 4.78 is 10.2. The van der Waals surface area contributed by atoms with Crippen LogP contribution in [0.3, 0.4) is 0 Å². The van der Waals surface area contributed by atoms with Gasteiger partial charge in [0.05, 0.1) is 31.9 Å². The monoisotopic (exact) mass is 304 g/mol. The Bertz CT molecular complexity index is 352. The van der Waals surface area contributed by atoms with E-state index in [0.29, 0.717) is 26.1 Å². The second-order valence-electron chi connectivity index (χ2n) is 5.11. The fourth-order valence-corrected chi connectivity index (χ4v) is 2.13. The number of aliphatic hydroxyl groups excluding tert-OH is 1. The third kappa shape index (κ3) is 5.49. The van der Waals surface area contributed by atoms with Crippen LogP contribution in [0.4, 0.5) is 4.79 Å². The highest BCUT2D eigenvalue weighted by atomic mass is 16.5. The molecule has 0 aliphatic carbocycles. The van der Waals surface area contributed by atoms with Crippen molar-refractivity contribution in [1.82, 2.24) is 10.2 Å². The molecule has 8 heteroatoms. The number of nitrogens with one attached hydrogen (secondary N) is 1. The third-order valence-electron chi connectivity index (χ3n) is 3.41. The number of aliphatic hydroxyl groups is 1. The van der Waals surface area contributed by atoms with Crippen molar-refractivity contribution >= 4 is 12.0 Å². The average molecular weight is 304 g/mol. The summed E-state index contributed by atoms with van der Waals surface area (Å²) in [6.07, 6.45) is 0.423. The molecule has 122 valence electrons. The van der Waals surface area contributed by atoms with Crippen molar-refractivity contribution in [3.63, 3.8) is 0 Å². The van der Waals surface area contributed by atoms with Crippen LogP contribution in [0.15, 0.2) is 0 Å². The Hall–Kier alpha value is -1.38. The Morgan fingerprint density at radius 2 is 2.24 bits per heavy atom. The normalized spacial score (nSPS) is 23.7. The van der Waals surface area contributed by atoms with Crippen molar-refractivity contribution in [3.05, 3.63) is 0 Å². The first kappa shape index (κ1) is 17.7. The van der Waals surface area contributed by atoms with E-state index in [0.717, 1.165) is 0 Å². The van der Waals surface area contributed by atoms with Gasteiger partial charge in [-0.15, -0.1) is 0 Å². The number of hydrogen-bond donors (Lipinski definition) is 3. The Labute approximate surface area is 124 Å². The van der Waals surface area contributed by atoms with Crippen molar-refractivity contribution in [2.24, 2.45) is 0 Å². The first-order chi connectivity index (χ1) is 9.99. The maximum atomic E-state index is 12.2. The molecular weight excluding hydrogens is 280 g/mol. The molecule has 0 spiro atoms. The van der Waals surface area contributed by atoms with E-state index in [2.05, 4.69) is 5.32 Å². The SMILES string of the molecule is COCCCC(NC(=O)N1CC(CO)OCC1C)C(=O)O. The molecule has 1 heterocycles. The van der Waals surface area contributed by atoms with Crippen LogP contribution in [-0.2, 0) is 14.3 Å². The minimum Gasteiger partial charge on any atom is -0.480 e. The number of urea groups is 1. The molecule has 3 N–H and O–H groups in total. The predicted molar refractivity (Wildman–Crippen MR) is 74.1 cm³/mol. The van der Waals surface area contributed by atoms with Gasteiger partial charge in [0.2, 0.25) is 0 Å². The number of aliphatic carboxylic acids is 1. The van der Waals surface area contributed by atoms with Gasteiger partial charge in [0.25, 0.3) is 0 Å². The van der Waals surface area contributed by atoms with Gasteiger partial charge in [-0.25, -0.2) is 9.59 Å². The molecule has 3 atom stereocenters. The molecule has 21 heavy (non-hydrogen) atoms. The van der Waals surface area contributed by atoms with Crippen LogP contribution in [0.1, 0.15) is 19.8 Å². The van der Waals surface area contributed by atoms with E-state index in [9.17, 15) is 9.59 Å². The van der Waals surface area contributed by atoms with Crippen LogP contribution in [0.2, 0.25) is 0 Å². The summed E-state index contributed by atoms with van der Waals surface area (Å²) >= 11 is 0. The number of carbonyl (C=O) groups excluding carboxylic acids is 1. The molecule has 1 aliphatic heterocycles. The molecule has 0 radical (unpaired) electrons. The van der Waals surface area contributed by atoms with Gasteiger partial charge >= 0.3 is 12.0 Å². The number of ether oxygens (including phenoxy) is 2. The summed E-state index contributed by atoms with van der Waals surface area (Å²) in [5, 5.41) is 20.8. The molecule has 0 aromatic carbocycles. The van der Waals surface area contributed by atoms with Gasteiger partial charge in [-0.1, -0.05) is 0 Å². The lowest BCUT2D eigenvalue weighted by Crippen LogP contribution is -2.57. The second-order valence-corrected chi connectivity index (χ2v) is 5.11. The lowest BCUT2D eigenvalue weighted by molar-refractivity contribution is -0.139. The largest absolute Gasteiger partial charge is 0.480 e. The van der Waals surface area contributed by atoms with Gasteiger partial charge in [0, 0.05) is 13.7 Å². The fourth-order valence-electron chi connectivity index (χ4n) is 2.13. The summed E-state index contributed by atoms with van der Waals surface area (Å²) in [4.78, 5) is 24.9. The number of morpholine rings is 1. The molecule has 1 fully saturated rings. The Morgan fingerprint density at radius 1 is 1.52 bits per heavy atom. The van der Waals surface area contributed by atoms with Crippen molar-refractivity contribution in [2.75, 3.05) is 33.5 Å². The molecule has 1 aliphatic rings. The Kier molecular flexibility index (Phi) is 7.41. The third-order valence-corrected chi connectivity index (χ3v) is 3.41. The van der Waals surface area contributed by atoms with E-state index >= 15 is 0 Å². The number of rotatable bonds is 7. The summed E-state index contributed by atoms with van der Waals surface area (Å²) in [6.45, 7) is 2.65. The molecule has 3 unspecified atom stereocenters. The Balaban J connectivity index is 2.56.